The van der Waals surface area contributed by atoms with E-state index in [0.29, 0.717) is 17.7 Å². The van der Waals surface area contributed by atoms with Crippen LogP contribution in [0.3, 0.4) is 0 Å². The summed E-state index contributed by atoms with van der Waals surface area (Å²) in [6.07, 6.45) is -4.29. The van der Waals surface area contributed by atoms with Gasteiger partial charge in [-0.2, -0.15) is 8.62 Å². The number of aromatic nitrogens is 2. The van der Waals surface area contributed by atoms with Crippen molar-refractivity contribution in [2.24, 2.45) is 0 Å². The zero-order chi connectivity index (χ0) is 24.0. The Balaban J connectivity index is 2.22. The van der Waals surface area contributed by atoms with E-state index < -0.39 is 65.2 Å². The van der Waals surface area contributed by atoms with Crippen molar-refractivity contribution in [2.45, 2.75) is 30.8 Å². The van der Waals surface area contributed by atoms with Crippen LogP contribution in [0.4, 0.5) is 8.78 Å². The summed E-state index contributed by atoms with van der Waals surface area (Å²) < 4.78 is 79.2. The SMILES string of the molecule is C[C@]1(F)[C@H](n2ccc(=O)[nH]c2=O)O[C@](F)(COP(=O)(O)OP(=O)(O)OP(=O)(O)O)[C@H]1O. The third kappa shape index (κ3) is 6.22. The number of aliphatic hydroxyl groups excluding tert-OH is 1. The molecular formula is C10H15F2N2O14P3. The molecule has 2 heterocycles. The Morgan fingerprint density at radius 2 is 1.74 bits per heavy atom. The van der Waals surface area contributed by atoms with E-state index >= 15 is 0 Å². The predicted octanol–water partition coefficient (Wildman–Crippen LogP) is -0.836. The van der Waals surface area contributed by atoms with Crippen molar-refractivity contribution in [2.75, 3.05) is 6.61 Å². The van der Waals surface area contributed by atoms with Gasteiger partial charge in [0.2, 0.25) is 0 Å². The maximum absolute atomic E-state index is 15.0. The van der Waals surface area contributed by atoms with Crippen LogP contribution in [-0.4, -0.2) is 58.5 Å². The van der Waals surface area contributed by atoms with Gasteiger partial charge in [0.05, 0.1) is 0 Å². The van der Waals surface area contributed by atoms with Gasteiger partial charge in [0, 0.05) is 12.3 Å². The lowest BCUT2D eigenvalue weighted by Crippen LogP contribution is -2.47. The number of phosphoric acid groups is 3. The number of aromatic amines is 1. The van der Waals surface area contributed by atoms with Crippen LogP contribution in [0.2, 0.25) is 0 Å². The van der Waals surface area contributed by atoms with Crippen LogP contribution in [0.25, 0.3) is 0 Å². The van der Waals surface area contributed by atoms with Crippen LogP contribution in [0.1, 0.15) is 13.2 Å². The molecule has 21 heteroatoms. The van der Waals surface area contributed by atoms with Crippen LogP contribution in [0.15, 0.2) is 21.9 Å². The zero-order valence-electron chi connectivity index (χ0n) is 15.0. The first kappa shape index (κ1) is 26.1. The lowest BCUT2D eigenvalue weighted by Gasteiger charge is -2.25. The Labute approximate surface area is 169 Å². The van der Waals surface area contributed by atoms with Crippen molar-refractivity contribution < 1.29 is 65.0 Å². The molecular weight excluding hydrogens is 503 g/mol. The molecule has 31 heavy (non-hydrogen) atoms. The Morgan fingerprint density at radius 3 is 2.26 bits per heavy atom. The van der Waals surface area contributed by atoms with Crippen molar-refractivity contribution in [3.8, 4) is 0 Å². The standard InChI is InChI=1S/C10H15F2N2O14P3/c1-9(11)6(16)10(12,26-7(9)14-3-2-5(15)13-8(14)17)4-25-30(21,22)28-31(23,24)27-29(18,19)20/h2-3,6-7,16H,4H2,1H3,(H,21,22)(H,23,24)(H,13,15,17)(H2,18,19,20)/t6-,7+,9+,10+/m0/s1. The van der Waals surface area contributed by atoms with E-state index in [1.54, 1.807) is 4.98 Å². The Bertz CT molecular complexity index is 1100. The predicted molar refractivity (Wildman–Crippen MR) is 90.6 cm³/mol. The topological polar surface area (TPSA) is 244 Å². The van der Waals surface area contributed by atoms with Crippen LogP contribution in [-0.2, 0) is 31.6 Å². The van der Waals surface area contributed by atoms with E-state index in [1.807, 2.05) is 0 Å². The molecule has 0 spiro atoms. The van der Waals surface area contributed by atoms with Gasteiger partial charge in [-0.15, -0.1) is 0 Å². The Kier molecular flexibility index (Phi) is 7.02. The van der Waals surface area contributed by atoms with Gasteiger partial charge in [-0.1, -0.05) is 0 Å². The number of H-pyrrole nitrogens is 1. The van der Waals surface area contributed by atoms with Gasteiger partial charge in [0.25, 0.3) is 11.4 Å². The molecule has 2 rings (SSSR count). The van der Waals surface area contributed by atoms with Crippen molar-refractivity contribution in [1.82, 2.24) is 9.55 Å². The molecule has 0 aromatic carbocycles. The molecule has 0 radical (unpaired) electrons. The highest BCUT2D eigenvalue weighted by Gasteiger charge is 2.65. The summed E-state index contributed by atoms with van der Waals surface area (Å²) in [6, 6.07) is 0.748. The molecule has 1 aromatic heterocycles. The third-order valence-electron chi connectivity index (χ3n) is 3.68. The second kappa shape index (κ2) is 8.33. The maximum Gasteiger partial charge on any atom is 0.490 e. The van der Waals surface area contributed by atoms with Crippen LogP contribution in [0.5, 0.6) is 0 Å². The lowest BCUT2D eigenvalue weighted by molar-refractivity contribution is -0.204. The van der Waals surface area contributed by atoms with E-state index in [2.05, 4.69) is 17.9 Å². The second-order valence-corrected chi connectivity index (χ2v) is 10.6. The summed E-state index contributed by atoms with van der Waals surface area (Å²) in [5.41, 5.74) is -5.23. The van der Waals surface area contributed by atoms with Crippen LogP contribution < -0.4 is 11.2 Å². The fourth-order valence-corrected chi connectivity index (χ4v) is 5.48. The summed E-state index contributed by atoms with van der Waals surface area (Å²) in [5.74, 6) is -3.66. The molecule has 0 aliphatic carbocycles. The summed E-state index contributed by atoms with van der Waals surface area (Å²) in [6.45, 7) is -1.25. The fraction of sp³-hybridized carbons (Fsp3) is 0.600. The number of nitrogens with zero attached hydrogens (tertiary/aromatic N) is 1. The molecule has 2 unspecified atom stereocenters. The number of rotatable bonds is 8. The second-order valence-electron chi connectivity index (χ2n) is 6.19. The normalized spacial score (nSPS) is 33.0. The van der Waals surface area contributed by atoms with E-state index in [-0.39, 0.29) is 0 Å². The first-order valence-electron chi connectivity index (χ1n) is 7.62. The molecule has 0 bridgehead atoms. The number of hydrogen-bond donors (Lipinski definition) is 6. The largest absolute Gasteiger partial charge is 0.490 e. The van der Waals surface area contributed by atoms with E-state index in [1.165, 1.54) is 0 Å². The van der Waals surface area contributed by atoms with E-state index in [0.717, 1.165) is 6.07 Å². The summed E-state index contributed by atoms with van der Waals surface area (Å²) in [7, 11) is -17.4. The average Bonchev–Trinajstić information content (AvgIpc) is 2.71. The number of nitrogens with one attached hydrogen (secondary N) is 1. The number of hydrogen-bond acceptors (Lipinski definition) is 10. The highest BCUT2D eigenvalue weighted by atomic mass is 31.3. The van der Waals surface area contributed by atoms with Gasteiger partial charge < -0.3 is 29.4 Å². The minimum absolute atomic E-state index is 0.358. The minimum Gasteiger partial charge on any atom is -0.384 e. The molecule has 1 aromatic rings. The Morgan fingerprint density at radius 1 is 1.16 bits per heavy atom. The smallest absolute Gasteiger partial charge is 0.384 e. The maximum atomic E-state index is 15.0. The van der Waals surface area contributed by atoms with Gasteiger partial charge >= 0.3 is 29.2 Å². The van der Waals surface area contributed by atoms with Gasteiger partial charge in [-0.25, -0.2) is 27.3 Å². The molecule has 1 aliphatic rings. The summed E-state index contributed by atoms with van der Waals surface area (Å²) >= 11 is 0. The summed E-state index contributed by atoms with van der Waals surface area (Å²) in [5, 5.41) is 9.95. The summed E-state index contributed by atoms with van der Waals surface area (Å²) in [4.78, 5) is 59.9. The Hall–Kier alpha value is -1.13. The monoisotopic (exact) mass is 518 g/mol. The average molecular weight is 518 g/mol. The molecule has 0 amide bonds. The molecule has 178 valence electrons. The van der Waals surface area contributed by atoms with E-state index in [9.17, 15) is 42.1 Å². The number of alkyl halides is 2. The minimum atomic E-state index is -5.91. The molecule has 0 saturated carbocycles. The molecule has 1 fully saturated rings. The van der Waals surface area contributed by atoms with Crippen LogP contribution in [0, 0.1) is 0 Å². The first-order chi connectivity index (χ1) is 13.8. The molecule has 1 saturated heterocycles. The van der Waals surface area contributed by atoms with Gasteiger partial charge in [-0.3, -0.25) is 18.9 Å². The molecule has 6 N–H and O–H groups in total. The lowest BCUT2D eigenvalue weighted by atomic mass is 9.97. The van der Waals surface area contributed by atoms with Gasteiger partial charge in [-0.05, 0) is 6.92 Å². The molecule has 1 aliphatic heterocycles. The number of halogens is 2. The van der Waals surface area contributed by atoms with E-state index in [4.69, 9.17) is 14.7 Å². The highest BCUT2D eigenvalue weighted by Crippen LogP contribution is 2.66. The number of phosphoric ester groups is 1. The van der Waals surface area contributed by atoms with Crippen molar-refractivity contribution >= 4 is 23.5 Å². The zero-order valence-corrected chi connectivity index (χ0v) is 17.7. The number of ether oxygens (including phenoxy) is 1. The van der Waals surface area contributed by atoms with Crippen molar-refractivity contribution in [3.63, 3.8) is 0 Å². The third-order valence-corrected chi connectivity index (χ3v) is 7.46. The van der Waals surface area contributed by atoms with Crippen LogP contribution >= 0.6 is 23.5 Å². The van der Waals surface area contributed by atoms with Crippen molar-refractivity contribution in [1.29, 1.82) is 0 Å². The van der Waals surface area contributed by atoms with Gasteiger partial charge in [0.1, 0.15) is 6.61 Å². The van der Waals surface area contributed by atoms with Gasteiger partial charge in [0.15, 0.2) is 18.0 Å². The number of aliphatic hydroxyl groups is 1. The first-order valence-corrected chi connectivity index (χ1v) is 12.1. The molecule has 6 atom stereocenters. The quantitative estimate of drug-likeness (QED) is 0.230. The fourth-order valence-electron chi connectivity index (χ4n) is 2.45. The van der Waals surface area contributed by atoms with Crippen molar-refractivity contribution in [3.05, 3.63) is 33.1 Å². The highest BCUT2D eigenvalue weighted by molar-refractivity contribution is 7.66. The molecule has 16 nitrogen and oxygen atoms in total.